The SMILES string of the molecule is O=C(NCc1ccccc1N1CCCC1)c1cc(Cl)nc2ccccc12. The number of rotatable bonds is 4. The van der Waals surface area contributed by atoms with Crippen LogP contribution in [0.5, 0.6) is 0 Å². The van der Waals surface area contributed by atoms with Crippen molar-refractivity contribution in [2.24, 2.45) is 0 Å². The predicted molar refractivity (Wildman–Crippen MR) is 106 cm³/mol. The standard InChI is InChI=1S/C21H20ClN3O/c22-20-13-17(16-8-2-3-9-18(16)24-20)21(26)23-14-15-7-1-4-10-19(15)25-11-5-6-12-25/h1-4,7-10,13H,5-6,11-12,14H2,(H,23,26). The van der Waals surface area contributed by atoms with Crippen molar-refractivity contribution in [3.8, 4) is 0 Å². The maximum absolute atomic E-state index is 12.8. The number of carbonyl (C=O) groups is 1. The molecule has 0 aliphatic carbocycles. The Hall–Kier alpha value is -2.59. The van der Waals surface area contributed by atoms with Gasteiger partial charge in [-0.05, 0) is 36.6 Å². The Balaban J connectivity index is 1.57. The molecule has 0 spiro atoms. The number of benzene rings is 2. The van der Waals surface area contributed by atoms with Gasteiger partial charge in [-0.1, -0.05) is 48.0 Å². The molecular weight excluding hydrogens is 346 g/mol. The normalized spacial score (nSPS) is 14.0. The van der Waals surface area contributed by atoms with Gasteiger partial charge in [-0.25, -0.2) is 4.98 Å². The molecule has 2 aromatic carbocycles. The summed E-state index contributed by atoms with van der Waals surface area (Å²) in [6.07, 6.45) is 2.45. The van der Waals surface area contributed by atoms with Crippen LogP contribution < -0.4 is 10.2 Å². The fraction of sp³-hybridized carbons (Fsp3) is 0.238. The Bertz CT molecular complexity index is 951. The minimum absolute atomic E-state index is 0.137. The molecule has 132 valence electrons. The third-order valence-corrected chi connectivity index (χ3v) is 5.00. The maximum atomic E-state index is 12.8. The summed E-state index contributed by atoms with van der Waals surface area (Å²) in [5.41, 5.74) is 3.62. The van der Waals surface area contributed by atoms with E-state index in [1.165, 1.54) is 18.5 Å². The summed E-state index contributed by atoms with van der Waals surface area (Å²) < 4.78 is 0. The van der Waals surface area contributed by atoms with Crippen molar-refractivity contribution in [3.63, 3.8) is 0 Å². The third kappa shape index (κ3) is 3.37. The zero-order chi connectivity index (χ0) is 17.9. The van der Waals surface area contributed by atoms with Crippen LogP contribution >= 0.6 is 11.6 Å². The number of para-hydroxylation sites is 2. The summed E-state index contributed by atoms with van der Waals surface area (Å²) in [5.74, 6) is -0.137. The number of carbonyl (C=O) groups excluding carboxylic acids is 1. The van der Waals surface area contributed by atoms with E-state index in [2.05, 4.69) is 33.4 Å². The first kappa shape index (κ1) is 16.9. The van der Waals surface area contributed by atoms with Crippen molar-refractivity contribution >= 4 is 34.1 Å². The molecule has 4 rings (SSSR count). The first-order valence-electron chi connectivity index (χ1n) is 8.89. The van der Waals surface area contributed by atoms with Gasteiger partial charge in [0.25, 0.3) is 5.91 Å². The fourth-order valence-electron chi connectivity index (χ4n) is 3.53. The van der Waals surface area contributed by atoms with Crippen LogP contribution in [0.25, 0.3) is 10.9 Å². The van der Waals surface area contributed by atoms with E-state index in [1.807, 2.05) is 30.3 Å². The Morgan fingerprint density at radius 1 is 1.08 bits per heavy atom. The number of amides is 1. The Kier molecular flexibility index (Phi) is 4.76. The van der Waals surface area contributed by atoms with Gasteiger partial charge in [0.1, 0.15) is 5.15 Å². The zero-order valence-corrected chi connectivity index (χ0v) is 15.2. The molecular formula is C21H20ClN3O. The van der Waals surface area contributed by atoms with E-state index in [-0.39, 0.29) is 5.91 Å². The zero-order valence-electron chi connectivity index (χ0n) is 14.4. The molecule has 1 saturated heterocycles. The number of halogens is 1. The maximum Gasteiger partial charge on any atom is 0.252 e. The topological polar surface area (TPSA) is 45.2 Å². The third-order valence-electron chi connectivity index (χ3n) is 4.81. The molecule has 0 unspecified atom stereocenters. The first-order chi connectivity index (χ1) is 12.7. The van der Waals surface area contributed by atoms with Crippen molar-refractivity contribution in [2.75, 3.05) is 18.0 Å². The van der Waals surface area contributed by atoms with E-state index in [0.717, 1.165) is 29.6 Å². The molecule has 5 heteroatoms. The van der Waals surface area contributed by atoms with Gasteiger partial charge in [0.2, 0.25) is 0 Å². The number of hydrogen-bond acceptors (Lipinski definition) is 3. The number of fused-ring (bicyclic) bond motifs is 1. The van der Waals surface area contributed by atoms with Crippen molar-refractivity contribution in [3.05, 3.63) is 70.9 Å². The van der Waals surface area contributed by atoms with Crippen LogP contribution in [0.1, 0.15) is 28.8 Å². The van der Waals surface area contributed by atoms with E-state index in [4.69, 9.17) is 11.6 Å². The molecule has 26 heavy (non-hydrogen) atoms. The van der Waals surface area contributed by atoms with Gasteiger partial charge in [-0.15, -0.1) is 0 Å². The van der Waals surface area contributed by atoms with Crippen molar-refractivity contribution in [1.29, 1.82) is 0 Å². The average Bonchev–Trinajstić information content (AvgIpc) is 3.20. The molecule has 3 aromatic rings. The van der Waals surface area contributed by atoms with E-state index in [0.29, 0.717) is 17.3 Å². The number of nitrogens with one attached hydrogen (secondary N) is 1. The molecule has 0 saturated carbocycles. The quantitative estimate of drug-likeness (QED) is 0.696. The van der Waals surface area contributed by atoms with Crippen LogP contribution in [-0.4, -0.2) is 24.0 Å². The number of aromatic nitrogens is 1. The number of pyridine rings is 1. The molecule has 1 aromatic heterocycles. The highest BCUT2D eigenvalue weighted by molar-refractivity contribution is 6.30. The van der Waals surface area contributed by atoms with Crippen LogP contribution in [0.2, 0.25) is 5.15 Å². The van der Waals surface area contributed by atoms with Gasteiger partial charge in [-0.3, -0.25) is 4.79 Å². The van der Waals surface area contributed by atoms with E-state index in [1.54, 1.807) is 6.07 Å². The molecule has 0 bridgehead atoms. The van der Waals surface area contributed by atoms with E-state index < -0.39 is 0 Å². The molecule has 0 radical (unpaired) electrons. The Morgan fingerprint density at radius 2 is 1.81 bits per heavy atom. The molecule has 2 heterocycles. The minimum atomic E-state index is -0.137. The van der Waals surface area contributed by atoms with E-state index >= 15 is 0 Å². The summed E-state index contributed by atoms with van der Waals surface area (Å²) in [6, 6.07) is 17.4. The second-order valence-corrected chi connectivity index (χ2v) is 6.90. The molecule has 1 aliphatic heterocycles. The molecule has 1 aliphatic rings. The molecule has 4 nitrogen and oxygen atoms in total. The lowest BCUT2D eigenvalue weighted by Gasteiger charge is -2.21. The molecule has 0 atom stereocenters. The summed E-state index contributed by atoms with van der Waals surface area (Å²) in [4.78, 5) is 19.5. The van der Waals surface area contributed by atoms with Crippen molar-refractivity contribution in [2.45, 2.75) is 19.4 Å². The Labute approximate surface area is 157 Å². The van der Waals surface area contributed by atoms with Crippen LogP contribution in [0, 0.1) is 0 Å². The van der Waals surface area contributed by atoms with Gasteiger partial charge in [0, 0.05) is 30.7 Å². The predicted octanol–water partition coefficient (Wildman–Crippen LogP) is 4.42. The smallest absolute Gasteiger partial charge is 0.252 e. The lowest BCUT2D eigenvalue weighted by atomic mass is 10.1. The summed E-state index contributed by atoms with van der Waals surface area (Å²) in [6.45, 7) is 2.64. The highest BCUT2D eigenvalue weighted by Crippen LogP contribution is 2.25. The van der Waals surface area contributed by atoms with Crippen molar-refractivity contribution < 1.29 is 4.79 Å². The van der Waals surface area contributed by atoms with Crippen LogP contribution in [-0.2, 0) is 6.54 Å². The van der Waals surface area contributed by atoms with E-state index in [9.17, 15) is 4.79 Å². The lowest BCUT2D eigenvalue weighted by Crippen LogP contribution is -2.25. The number of anilines is 1. The number of hydrogen-bond donors (Lipinski definition) is 1. The van der Waals surface area contributed by atoms with Crippen LogP contribution in [0.15, 0.2) is 54.6 Å². The van der Waals surface area contributed by atoms with Gasteiger partial charge in [0.15, 0.2) is 0 Å². The van der Waals surface area contributed by atoms with Crippen LogP contribution in [0.3, 0.4) is 0 Å². The largest absolute Gasteiger partial charge is 0.371 e. The fourth-order valence-corrected chi connectivity index (χ4v) is 3.73. The summed E-state index contributed by atoms with van der Waals surface area (Å²) in [5, 5.41) is 4.18. The van der Waals surface area contributed by atoms with Crippen LogP contribution in [0.4, 0.5) is 5.69 Å². The second kappa shape index (κ2) is 7.34. The van der Waals surface area contributed by atoms with Gasteiger partial charge < -0.3 is 10.2 Å². The Morgan fingerprint density at radius 3 is 2.65 bits per heavy atom. The molecule has 1 amide bonds. The highest BCUT2D eigenvalue weighted by Gasteiger charge is 2.17. The lowest BCUT2D eigenvalue weighted by molar-refractivity contribution is 0.0952. The minimum Gasteiger partial charge on any atom is -0.371 e. The van der Waals surface area contributed by atoms with Gasteiger partial charge in [0.05, 0.1) is 11.1 Å². The summed E-state index contributed by atoms with van der Waals surface area (Å²) in [7, 11) is 0. The highest BCUT2D eigenvalue weighted by atomic mass is 35.5. The van der Waals surface area contributed by atoms with Crippen molar-refractivity contribution in [1.82, 2.24) is 10.3 Å². The number of nitrogens with zero attached hydrogens (tertiary/aromatic N) is 2. The van der Waals surface area contributed by atoms with Gasteiger partial charge >= 0.3 is 0 Å². The second-order valence-electron chi connectivity index (χ2n) is 6.52. The monoisotopic (exact) mass is 365 g/mol. The first-order valence-corrected chi connectivity index (χ1v) is 9.26. The average molecular weight is 366 g/mol. The molecule has 1 N–H and O–H groups in total. The molecule has 1 fully saturated rings. The summed E-state index contributed by atoms with van der Waals surface area (Å²) >= 11 is 6.10. The van der Waals surface area contributed by atoms with Gasteiger partial charge in [-0.2, -0.15) is 0 Å².